The topological polar surface area (TPSA) is 76.2 Å². The van der Waals surface area contributed by atoms with Crippen molar-refractivity contribution in [2.24, 2.45) is 4.99 Å². The lowest BCUT2D eigenvalue weighted by Gasteiger charge is -2.34. The molecule has 2 aliphatic heterocycles. The van der Waals surface area contributed by atoms with Gasteiger partial charge in [0, 0.05) is 22.2 Å². The molecule has 0 bridgehead atoms. The van der Waals surface area contributed by atoms with Crippen molar-refractivity contribution in [3.05, 3.63) is 64.7 Å². The zero-order chi connectivity index (χ0) is 17.2. The highest BCUT2D eigenvalue weighted by atomic mass is 79.9. The summed E-state index contributed by atoms with van der Waals surface area (Å²) >= 11 is 6.28. The number of nitrogens with one attached hydrogen (secondary N) is 1. The number of anilines is 1. The van der Waals surface area contributed by atoms with E-state index in [1.807, 2.05) is 53.4 Å². The second-order valence-corrected chi connectivity index (χ2v) is 6.87. The van der Waals surface area contributed by atoms with Gasteiger partial charge in [-0.25, -0.2) is 0 Å². The number of fused-ring (bicyclic) bond motifs is 1. The highest BCUT2D eigenvalue weighted by molar-refractivity contribution is 8.93. The highest BCUT2D eigenvalue weighted by Gasteiger charge is 2.31. The first-order valence-electron chi connectivity index (χ1n) is 8.66. The number of hydrogen-bond donors (Lipinski definition) is 1. The van der Waals surface area contributed by atoms with E-state index < -0.39 is 0 Å². The molecular formula is C20H23BrClN3O2. The zero-order valence-corrected chi connectivity index (χ0v) is 17.3. The maximum Gasteiger partial charge on any atom is 0.248 e. The van der Waals surface area contributed by atoms with Crippen LogP contribution in [0.4, 0.5) is 5.69 Å². The minimum absolute atomic E-state index is 0. The van der Waals surface area contributed by atoms with Crippen molar-refractivity contribution in [2.45, 2.75) is 18.9 Å². The number of hydrogen-bond acceptors (Lipinski definition) is 3. The van der Waals surface area contributed by atoms with Gasteiger partial charge in [0.2, 0.25) is 5.91 Å². The minimum Gasteiger partial charge on any atom is -0.412 e. The molecule has 1 fully saturated rings. The van der Waals surface area contributed by atoms with Crippen LogP contribution in [0.1, 0.15) is 24.0 Å². The monoisotopic (exact) mass is 451 g/mol. The molecule has 0 unspecified atom stereocenters. The maximum absolute atomic E-state index is 12.9. The Bertz CT molecular complexity index is 823. The molecule has 5 nitrogen and oxygen atoms in total. The van der Waals surface area contributed by atoms with Crippen LogP contribution in [0.3, 0.4) is 0 Å². The first-order valence-corrected chi connectivity index (χ1v) is 9.04. The van der Waals surface area contributed by atoms with Gasteiger partial charge in [0.25, 0.3) is 0 Å². The van der Waals surface area contributed by atoms with Crippen molar-refractivity contribution < 1.29 is 10.3 Å². The van der Waals surface area contributed by atoms with Crippen LogP contribution in [0.25, 0.3) is 0 Å². The third kappa shape index (κ3) is 4.41. The molecule has 2 aromatic carbocycles. The number of halogens is 2. The SMILES string of the molecule is Br.O.O=C1CN=C(c2ccccc2)c2cc(Cl)ccc2N1C1CCNCC1. The molecule has 27 heavy (non-hydrogen) atoms. The van der Waals surface area contributed by atoms with Crippen LogP contribution >= 0.6 is 28.6 Å². The summed E-state index contributed by atoms with van der Waals surface area (Å²) in [6.07, 6.45) is 1.91. The number of piperidine rings is 1. The van der Waals surface area contributed by atoms with Gasteiger partial charge in [-0.3, -0.25) is 9.79 Å². The predicted molar refractivity (Wildman–Crippen MR) is 116 cm³/mol. The van der Waals surface area contributed by atoms with Crippen LogP contribution in [0, 0.1) is 0 Å². The standard InChI is InChI=1S/C20H20ClN3O.BrH.H2O/c21-15-6-7-18-17(12-15)20(14-4-2-1-3-5-14)23-13-19(25)24(18)16-8-10-22-11-9-16;;/h1-7,12,16,22H,8-11,13H2;1H;1H2. The van der Waals surface area contributed by atoms with Crippen molar-refractivity contribution in [1.29, 1.82) is 0 Å². The molecule has 1 amide bonds. The molecule has 4 rings (SSSR count). The maximum atomic E-state index is 12.9. The summed E-state index contributed by atoms with van der Waals surface area (Å²) in [6, 6.07) is 15.9. The van der Waals surface area contributed by atoms with Crippen molar-refractivity contribution in [1.82, 2.24) is 5.32 Å². The number of benzene rings is 2. The summed E-state index contributed by atoms with van der Waals surface area (Å²) in [6.45, 7) is 2.04. The van der Waals surface area contributed by atoms with E-state index in [1.165, 1.54) is 0 Å². The summed E-state index contributed by atoms with van der Waals surface area (Å²) < 4.78 is 0. The van der Waals surface area contributed by atoms with Gasteiger partial charge in [-0.1, -0.05) is 41.9 Å². The van der Waals surface area contributed by atoms with Crippen molar-refractivity contribution in [2.75, 3.05) is 24.5 Å². The number of amides is 1. The van der Waals surface area contributed by atoms with Crippen LogP contribution in [0.15, 0.2) is 53.5 Å². The Morgan fingerprint density at radius 1 is 1.07 bits per heavy atom. The van der Waals surface area contributed by atoms with Crippen LogP contribution < -0.4 is 10.2 Å². The van der Waals surface area contributed by atoms with E-state index in [0.29, 0.717) is 5.02 Å². The van der Waals surface area contributed by atoms with Crippen LogP contribution in [0.2, 0.25) is 5.02 Å². The third-order valence-corrected chi connectivity index (χ3v) is 5.07. The average Bonchev–Trinajstić information content (AvgIpc) is 2.79. The molecule has 0 aromatic heterocycles. The van der Waals surface area contributed by atoms with Gasteiger partial charge in [0.1, 0.15) is 6.54 Å². The lowest BCUT2D eigenvalue weighted by Crippen LogP contribution is -2.47. The Kier molecular flexibility index (Phi) is 7.56. The lowest BCUT2D eigenvalue weighted by atomic mass is 9.98. The molecular weight excluding hydrogens is 430 g/mol. The van der Waals surface area contributed by atoms with E-state index in [9.17, 15) is 4.79 Å². The highest BCUT2D eigenvalue weighted by Crippen LogP contribution is 2.32. The second-order valence-electron chi connectivity index (χ2n) is 6.44. The van der Waals surface area contributed by atoms with E-state index in [1.54, 1.807) is 0 Å². The number of nitrogens with zero attached hydrogens (tertiary/aromatic N) is 2. The quantitative estimate of drug-likeness (QED) is 0.760. The molecule has 0 radical (unpaired) electrons. The summed E-state index contributed by atoms with van der Waals surface area (Å²) in [5.41, 5.74) is 3.69. The number of carbonyl (C=O) groups is 1. The fraction of sp³-hybridized carbons (Fsp3) is 0.300. The van der Waals surface area contributed by atoms with E-state index in [-0.39, 0.29) is 41.0 Å². The van der Waals surface area contributed by atoms with Crippen molar-refractivity contribution in [3.63, 3.8) is 0 Å². The predicted octanol–water partition coefficient (Wildman–Crippen LogP) is 3.03. The molecule has 0 spiro atoms. The fourth-order valence-electron chi connectivity index (χ4n) is 3.66. The van der Waals surface area contributed by atoms with E-state index >= 15 is 0 Å². The van der Waals surface area contributed by atoms with Gasteiger partial charge in [-0.05, 0) is 44.1 Å². The van der Waals surface area contributed by atoms with E-state index in [4.69, 9.17) is 11.6 Å². The molecule has 0 atom stereocenters. The van der Waals surface area contributed by atoms with Crippen molar-refractivity contribution in [3.8, 4) is 0 Å². The Morgan fingerprint density at radius 2 is 1.78 bits per heavy atom. The molecule has 7 heteroatoms. The van der Waals surface area contributed by atoms with Crippen LogP contribution in [0.5, 0.6) is 0 Å². The van der Waals surface area contributed by atoms with Gasteiger partial charge in [-0.15, -0.1) is 17.0 Å². The van der Waals surface area contributed by atoms with E-state index in [0.717, 1.165) is 48.5 Å². The number of rotatable bonds is 2. The first-order chi connectivity index (χ1) is 12.2. The Balaban J connectivity index is 0.00000131. The molecule has 0 aliphatic carbocycles. The number of carbonyl (C=O) groups excluding carboxylic acids is 1. The summed E-state index contributed by atoms with van der Waals surface area (Å²) in [5, 5.41) is 4.02. The lowest BCUT2D eigenvalue weighted by molar-refractivity contribution is -0.117. The average molecular weight is 453 g/mol. The van der Waals surface area contributed by atoms with Crippen LogP contribution in [-0.4, -0.2) is 42.8 Å². The van der Waals surface area contributed by atoms with Gasteiger partial charge in [-0.2, -0.15) is 0 Å². The smallest absolute Gasteiger partial charge is 0.248 e. The minimum atomic E-state index is 0. The second kappa shape index (κ2) is 9.46. The first kappa shape index (κ1) is 21.6. The largest absolute Gasteiger partial charge is 0.412 e. The Morgan fingerprint density at radius 3 is 2.48 bits per heavy atom. The zero-order valence-electron chi connectivity index (χ0n) is 14.8. The summed E-state index contributed by atoms with van der Waals surface area (Å²) in [5.74, 6) is 0.0569. The van der Waals surface area contributed by atoms with E-state index in [2.05, 4.69) is 10.3 Å². The third-order valence-electron chi connectivity index (χ3n) is 4.84. The molecule has 1 saturated heterocycles. The van der Waals surface area contributed by atoms with Gasteiger partial charge < -0.3 is 15.7 Å². The Labute approximate surface area is 174 Å². The molecule has 3 N–H and O–H groups in total. The number of aliphatic imine (C=N–C) groups is 1. The molecule has 2 aliphatic rings. The molecule has 2 heterocycles. The van der Waals surface area contributed by atoms with Crippen LogP contribution in [-0.2, 0) is 4.79 Å². The van der Waals surface area contributed by atoms with Gasteiger partial charge in [0.05, 0.1) is 11.4 Å². The molecule has 2 aromatic rings. The molecule has 144 valence electrons. The summed E-state index contributed by atoms with van der Waals surface area (Å²) in [4.78, 5) is 19.5. The number of benzodiazepines with no additional fused rings is 1. The molecule has 0 saturated carbocycles. The Hall–Kier alpha value is -1.73. The fourth-order valence-corrected chi connectivity index (χ4v) is 3.83. The van der Waals surface area contributed by atoms with Crippen molar-refractivity contribution >= 4 is 45.9 Å². The van der Waals surface area contributed by atoms with Gasteiger partial charge >= 0.3 is 0 Å². The summed E-state index contributed by atoms with van der Waals surface area (Å²) in [7, 11) is 0. The van der Waals surface area contributed by atoms with Gasteiger partial charge in [0.15, 0.2) is 0 Å². The normalized spacial score (nSPS) is 17.1.